The minimum Gasteiger partial charge on any atom is -0.274 e. The van der Waals surface area contributed by atoms with Gasteiger partial charge >= 0.3 is 0 Å². The summed E-state index contributed by atoms with van der Waals surface area (Å²) in [4.78, 5) is 83.0. The lowest BCUT2D eigenvalue weighted by atomic mass is 9.84. The molecule has 0 aliphatic carbocycles. The van der Waals surface area contributed by atoms with E-state index in [0.717, 1.165) is 20.9 Å². The smallest absolute Gasteiger partial charge is 0.269 e. The van der Waals surface area contributed by atoms with Gasteiger partial charge in [0.15, 0.2) is 0 Å². The maximum Gasteiger partial charge on any atom is 0.269 e. The summed E-state index contributed by atoms with van der Waals surface area (Å²) in [5, 5.41) is 27.0. The van der Waals surface area contributed by atoms with E-state index in [-0.39, 0.29) is 11.4 Å². The Morgan fingerprint density at radius 3 is 1.20 bits per heavy atom. The Morgan fingerprint density at radius 2 is 0.860 bits per heavy atom. The highest BCUT2D eigenvalue weighted by molar-refractivity contribution is 6.26. The standard InChI is InChI=1S/C36H28N6O8/c1-19-9-13-23(14-10-19)37-33(43)27-29(21-5-3-7-25(17-21)41(47)48)40-32-28(34(44)38(36(32)46)24-15-11-20(2)12-16-24)30(39(40)31(27)35(37)45)22-6-4-8-26(18-22)42(49)50/h3-18,27-32H,1-2H3. The van der Waals surface area contributed by atoms with Crippen LogP contribution in [0.4, 0.5) is 22.7 Å². The van der Waals surface area contributed by atoms with Crippen molar-refractivity contribution in [3.8, 4) is 0 Å². The molecule has 4 saturated heterocycles. The Balaban J connectivity index is 1.35. The summed E-state index contributed by atoms with van der Waals surface area (Å²) in [6, 6.07) is 20.3. The number of nitro groups is 2. The maximum atomic E-state index is 14.6. The number of imide groups is 2. The lowest BCUT2D eigenvalue weighted by Gasteiger charge is -2.35. The van der Waals surface area contributed by atoms with Crippen molar-refractivity contribution in [2.75, 3.05) is 9.80 Å². The molecule has 0 saturated carbocycles. The topological polar surface area (TPSA) is 168 Å². The van der Waals surface area contributed by atoms with Gasteiger partial charge in [0.25, 0.3) is 23.2 Å². The summed E-state index contributed by atoms with van der Waals surface area (Å²) in [5.41, 5.74) is 2.55. The lowest BCUT2D eigenvalue weighted by Crippen LogP contribution is -2.50. The molecular weight excluding hydrogens is 644 g/mol. The van der Waals surface area contributed by atoms with Gasteiger partial charge in [-0.05, 0) is 49.2 Å². The maximum absolute atomic E-state index is 14.6. The number of non-ortho nitro benzene ring substituents is 2. The van der Waals surface area contributed by atoms with Crippen LogP contribution in [0.2, 0.25) is 0 Å². The Labute approximate surface area is 284 Å². The number of fused-ring (bicyclic) bond motifs is 5. The van der Waals surface area contributed by atoms with Crippen LogP contribution in [0.25, 0.3) is 0 Å². The Bertz CT molecular complexity index is 2000. The number of carbonyl (C=O) groups excluding carboxylic acids is 4. The molecule has 0 bridgehead atoms. The zero-order valence-corrected chi connectivity index (χ0v) is 26.7. The number of benzene rings is 4. The summed E-state index contributed by atoms with van der Waals surface area (Å²) in [6.45, 7) is 3.73. The second-order valence-electron chi connectivity index (χ2n) is 13.0. The van der Waals surface area contributed by atoms with E-state index < -0.39 is 69.5 Å². The number of hydrogen-bond donors (Lipinski definition) is 0. The molecule has 0 spiro atoms. The molecule has 14 nitrogen and oxygen atoms in total. The highest BCUT2D eigenvalue weighted by Crippen LogP contribution is 2.60. The molecule has 8 rings (SSSR count). The van der Waals surface area contributed by atoms with E-state index in [0.29, 0.717) is 22.5 Å². The van der Waals surface area contributed by atoms with Gasteiger partial charge in [-0.2, -0.15) is 0 Å². The van der Waals surface area contributed by atoms with Crippen molar-refractivity contribution in [1.82, 2.24) is 10.0 Å². The van der Waals surface area contributed by atoms with E-state index in [9.17, 15) is 39.4 Å². The van der Waals surface area contributed by atoms with Gasteiger partial charge in [-0.1, -0.05) is 59.7 Å². The molecule has 0 N–H and O–H groups in total. The quantitative estimate of drug-likeness (QED) is 0.161. The zero-order valence-electron chi connectivity index (χ0n) is 26.7. The third kappa shape index (κ3) is 4.42. The van der Waals surface area contributed by atoms with Crippen LogP contribution in [-0.2, 0) is 19.2 Å². The molecule has 4 aliphatic rings. The SMILES string of the molecule is Cc1ccc(N2C(=O)C3C(C2=O)N2C(c4cccc([N+](=O)[O-])c4)C4C(=O)N(c5ccc(C)cc5)C(=O)C4N2C3c2cccc([N+](=O)[O-])c2)cc1. The van der Waals surface area contributed by atoms with Gasteiger partial charge in [-0.25, -0.2) is 19.8 Å². The molecule has 6 unspecified atom stereocenters. The molecule has 4 aromatic carbocycles. The van der Waals surface area contributed by atoms with E-state index in [2.05, 4.69) is 0 Å². The van der Waals surface area contributed by atoms with Gasteiger partial charge in [0.05, 0.1) is 45.1 Å². The first kappa shape index (κ1) is 31.2. The first-order valence-corrected chi connectivity index (χ1v) is 15.9. The van der Waals surface area contributed by atoms with Crippen LogP contribution in [0.15, 0.2) is 97.1 Å². The normalized spacial score (nSPS) is 26.0. The number of nitrogens with zero attached hydrogens (tertiary/aromatic N) is 6. The first-order chi connectivity index (χ1) is 24.0. The van der Waals surface area contributed by atoms with Crippen molar-refractivity contribution in [3.05, 3.63) is 140 Å². The van der Waals surface area contributed by atoms with E-state index in [1.807, 2.05) is 13.8 Å². The highest BCUT2D eigenvalue weighted by atomic mass is 16.6. The van der Waals surface area contributed by atoms with Gasteiger partial charge in [0, 0.05) is 24.3 Å². The molecule has 0 aromatic heterocycles. The highest BCUT2D eigenvalue weighted by Gasteiger charge is 2.73. The van der Waals surface area contributed by atoms with Crippen LogP contribution in [0, 0.1) is 45.9 Å². The number of amides is 4. The number of aryl methyl sites for hydroxylation is 2. The second-order valence-corrected chi connectivity index (χ2v) is 13.0. The lowest BCUT2D eigenvalue weighted by molar-refractivity contribution is -0.385. The van der Waals surface area contributed by atoms with Crippen LogP contribution >= 0.6 is 0 Å². The number of carbonyl (C=O) groups is 4. The largest absolute Gasteiger partial charge is 0.274 e. The average Bonchev–Trinajstić information content (AvgIpc) is 3.77. The Kier molecular flexibility index (Phi) is 6.99. The molecule has 50 heavy (non-hydrogen) atoms. The molecule has 4 aromatic rings. The van der Waals surface area contributed by atoms with E-state index in [1.165, 1.54) is 36.4 Å². The molecule has 4 amide bonds. The number of hydrogen-bond acceptors (Lipinski definition) is 10. The van der Waals surface area contributed by atoms with Crippen molar-refractivity contribution < 1.29 is 29.0 Å². The zero-order chi connectivity index (χ0) is 35.2. The Hall–Kier alpha value is -6.12. The summed E-state index contributed by atoms with van der Waals surface area (Å²) in [5.74, 6) is -4.65. The van der Waals surface area contributed by atoms with Crippen LogP contribution in [-0.4, -0.2) is 55.6 Å². The average molecular weight is 673 g/mol. The third-order valence-corrected chi connectivity index (χ3v) is 10.2. The number of rotatable bonds is 6. The molecular formula is C36H28N6O8. The van der Waals surface area contributed by atoms with Crippen LogP contribution in [0.3, 0.4) is 0 Å². The molecule has 4 heterocycles. The molecule has 14 heteroatoms. The van der Waals surface area contributed by atoms with Gasteiger partial charge in [-0.3, -0.25) is 39.4 Å². The second kappa shape index (κ2) is 11.2. The van der Waals surface area contributed by atoms with Crippen molar-refractivity contribution in [2.24, 2.45) is 11.8 Å². The van der Waals surface area contributed by atoms with Crippen LogP contribution in [0.1, 0.15) is 34.3 Å². The van der Waals surface area contributed by atoms with E-state index in [4.69, 9.17) is 0 Å². The predicted molar refractivity (Wildman–Crippen MR) is 177 cm³/mol. The van der Waals surface area contributed by atoms with Crippen LogP contribution < -0.4 is 9.80 Å². The van der Waals surface area contributed by atoms with Crippen molar-refractivity contribution in [3.63, 3.8) is 0 Å². The van der Waals surface area contributed by atoms with Gasteiger partial charge in [-0.15, -0.1) is 0 Å². The molecule has 6 atom stereocenters. The molecule has 0 radical (unpaired) electrons. The van der Waals surface area contributed by atoms with E-state index >= 15 is 0 Å². The number of nitro benzene ring substituents is 2. The summed E-state index contributed by atoms with van der Waals surface area (Å²) in [7, 11) is 0. The summed E-state index contributed by atoms with van der Waals surface area (Å²) in [6.07, 6.45) is 0. The first-order valence-electron chi connectivity index (χ1n) is 15.9. The van der Waals surface area contributed by atoms with E-state index in [1.54, 1.807) is 70.7 Å². The summed E-state index contributed by atoms with van der Waals surface area (Å²) >= 11 is 0. The predicted octanol–water partition coefficient (Wildman–Crippen LogP) is 4.56. The fraction of sp³-hybridized carbons (Fsp3) is 0.222. The van der Waals surface area contributed by atoms with Gasteiger partial charge in [0.2, 0.25) is 11.8 Å². The van der Waals surface area contributed by atoms with Crippen molar-refractivity contribution >= 4 is 46.4 Å². The fourth-order valence-electron chi connectivity index (χ4n) is 8.04. The minimum atomic E-state index is -1.24. The third-order valence-electron chi connectivity index (χ3n) is 10.2. The van der Waals surface area contributed by atoms with Crippen molar-refractivity contribution in [2.45, 2.75) is 38.0 Å². The minimum absolute atomic E-state index is 0.259. The fourth-order valence-corrected chi connectivity index (χ4v) is 8.04. The Morgan fingerprint density at radius 1 is 0.500 bits per heavy atom. The van der Waals surface area contributed by atoms with Crippen LogP contribution in [0.5, 0.6) is 0 Å². The molecule has 250 valence electrons. The van der Waals surface area contributed by atoms with Crippen molar-refractivity contribution in [1.29, 1.82) is 0 Å². The molecule has 4 fully saturated rings. The summed E-state index contributed by atoms with van der Waals surface area (Å²) < 4.78 is 0. The number of anilines is 2. The molecule has 4 aliphatic heterocycles. The van der Waals surface area contributed by atoms with Gasteiger partial charge < -0.3 is 0 Å². The van der Waals surface area contributed by atoms with Gasteiger partial charge in [0.1, 0.15) is 12.1 Å². The number of hydrazine groups is 1. The monoisotopic (exact) mass is 672 g/mol.